The number of fused-ring (bicyclic) bond motifs is 1. The van der Waals surface area contributed by atoms with E-state index in [1.807, 2.05) is 30.8 Å². The fraction of sp³-hybridized carbons (Fsp3) is 0.393. The van der Waals surface area contributed by atoms with Crippen LogP contribution in [-0.4, -0.2) is 50.7 Å². The molecule has 4 aromatic rings. The predicted molar refractivity (Wildman–Crippen MR) is 137 cm³/mol. The third-order valence-electron chi connectivity index (χ3n) is 6.51. The quantitative estimate of drug-likeness (QED) is 0.375. The molecule has 0 fully saturated rings. The molecule has 0 saturated carbocycles. The maximum Gasteiger partial charge on any atom is 0.119 e. The molecule has 1 unspecified atom stereocenters. The summed E-state index contributed by atoms with van der Waals surface area (Å²) in [5.74, 6) is 0.860. The third kappa shape index (κ3) is 5.51. The van der Waals surface area contributed by atoms with Crippen molar-refractivity contribution in [2.75, 3.05) is 20.2 Å². The average Bonchev–Trinajstić information content (AvgIpc) is 3.25. The van der Waals surface area contributed by atoms with Crippen LogP contribution in [0.15, 0.2) is 54.6 Å². The molecule has 6 heteroatoms. The molecule has 0 saturated heterocycles. The Kier molecular flexibility index (Phi) is 7.39. The van der Waals surface area contributed by atoms with E-state index in [0.29, 0.717) is 19.7 Å². The van der Waals surface area contributed by atoms with Gasteiger partial charge in [0, 0.05) is 35.4 Å². The lowest BCUT2D eigenvalue weighted by atomic mass is 10.2. The molecule has 4 rings (SSSR count). The molecule has 34 heavy (non-hydrogen) atoms. The van der Waals surface area contributed by atoms with Crippen LogP contribution in [0.25, 0.3) is 10.9 Å². The smallest absolute Gasteiger partial charge is 0.119 e. The van der Waals surface area contributed by atoms with Gasteiger partial charge in [-0.25, -0.2) is 0 Å². The summed E-state index contributed by atoms with van der Waals surface area (Å²) in [5.41, 5.74) is 7.07. The van der Waals surface area contributed by atoms with Crippen LogP contribution in [0, 0.1) is 27.7 Å². The van der Waals surface area contributed by atoms with Crippen molar-refractivity contribution in [3.63, 3.8) is 0 Å². The normalized spacial score (nSPS) is 12.6. The molecule has 0 radical (unpaired) electrons. The summed E-state index contributed by atoms with van der Waals surface area (Å²) >= 11 is 0. The first kappa shape index (κ1) is 24.0. The second-order valence-corrected chi connectivity index (χ2v) is 9.33. The van der Waals surface area contributed by atoms with Gasteiger partial charge in [-0.05, 0) is 70.1 Å². The number of rotatable bonds is 10. The molecular formula is C28H36N4O2. The molecule has 0 bridgehead atoms. The number of ether oxygens (including phenoxy) is 1. The zero-order valence-electron chi connectivity index (χ0n) is 21.0. The lowest BCUT2D eigenvalue weighted by molar-refractivity contribution is 0.108. The van der Waals surface area contributed by atoms with Crippen LogP contribution in [0.3, 0.4) is 0 Å². The van der Waals surface area contributed by atoms with Crippen LogP contribution < -0.4 is 4.74 Å². The minimum atomic E-state index is -0.448. The van der Waals surface area contributed by atoms with E-state index in [-0.39, 0.29) is 0 Å². The number of likely N-dealkylation sites (N-methyl/N-ethyl adjacent to an activating group) is 1. The van der Waals surface area contributed by atoms with Crippen molar-refractivity contribution in [2.45, 2.75) is 53.4 Å². The summed E-state index contributed by atoms with van der Waals surface area (Å²) in [6.45, 7) is 11.6. The van der Waals surface area contributed by atoms with Crippen molar-refractivity contribution < 1.29 is 9.84 Å². The van der Waals surface area contributed by atoms with Crippen LogP contribution in [0.1, 0.15) is 28.2 Å². The van der Waals surface area contributed by atoms with Crippen LogP contribution in [0.4, 0.5) is 0 Å². The highest BCUT2D eigenvalue weighted by atomic mass is 16.5. The number of hydrogen-bond donors (Lipinski definition) is 1. The molecular weight excluding hydrogens is 424 g/mol. The largest absolute Gasteiger partial charge is 0.492 e. The number of hydrogen-bond acceptors (Lipinski definition) is 4. The van der Waals surface area contributed by atoms with Gasteiger partial charge in [0.25, 0.3) is 0 Å². The summed E-state index contributed by atoms with van der Waals surface area (Å²) in [7, 11) is 2.05. The minimum Gasteiger partial charge on any atom is -0.492 e. The fourth-order valence-corrected chi connectivity index (χ4v) is 4.69. The topological polar surface area (TPSA) is 55.4 Å². The average molecular weight is 461 g/mol. The van der Waals surface area contributed by atoms with E-state index in [0.717, 1.165) is 30.2 Å². The standard InChI is InChI=1S/C28H36N4O2/c1-20-16-21(2)32(29-20)14-15-34-26-12-10-24(11-13-26)17-30(5)18-25(33)19-31-23(4)22(3)27-8-6-7-9-28(27)31/h6-13,16,25,33H,14-15,17-19H2,1-5H3. The SMILES string of the molecule is Cc1cc(C)n(CCOc2ccc(CN(C)CC(O)Cn3c(C)c(C)c4ccccc43)cc2)n1. The number of para-hydroxylation sites is 1. The van der Waals surface area contributed by atoms with E-state index in [9.17, 15) is 5.11 Å². The van der Waals surface area contributed by atoms with E-state index < -0.39 is 6.10 Å². The maximum absolute atomic E-state index is 10.8. The number of aliphatic hydroxyl groups excluding tert-OH is 1. The zero-order valence-corrected chi connectivity index (χ0v) is 21.0. The Bertz CT molecular complexity index is 1240. The van der Waals surface area contributed by atoms with Crippen molar-refractivity contribution >= 4 is 10.9 Å². The summed E-state index contributed by atoms with van der Waals surface area (Å²) in [4.78, 5) is 2.16. The van der Waals surface area contributed by atoms with Gasteiger partial charge in [-0.15, -0.1) is 0 Å². The molecule has 0 aliphatic heterocycles. The molecule has 180 valence electrons. The minimum absolute atomic E-state index is 0.448. The number of aromatic nitrogens is 3. The highest BCUT2D eigenvalue weighted by Gasteiger charge is 2.15. The first-order valence-corrected chi connectivity index (χ1v) is 12.0. The molecule has 0 aliphatic rings. The summed E-state index contributed by atoms with van der Waals surface area (Å²) in [5, 5.41) is 16.5. The number of aliphatic hydroxyl groups is 1. The Balaban J connectivity index is 1.27. The van der Waals surface area contributed by atoms with Crippen molar-refractivity contribution in [3.05, 3.63) is 82.8 Å². The molecule has 2 aromatic carbocycles. The first-order chi connectivity index (χ1) is 16.3. The lowest BCUT2D eigenvalue weighted by Gasteiger charge is -2.22. The van der Waals surface area contributed by atoms with Crippen molar-refractivity contribution in [1.82, 2.24) is 19.2 Å². The van der Waals surface area contributed by atoms with Gasteiger partial charge in [-0.2, -0.15) is 5.10 Å². The molecule has 0 spiro atoms. The third-order valence-corrected chi connectivity index (χ3v) is 6.51. The van der Waals surface area contributed by atoms with Crippen LogP contribution in [0.2, 0.25) is 0 Å². The Labute approximate surface area is 202 Å². The van der Waals surface area contributed by atoms with Crippen molar-refractivity contribution in [1.29, 1.82) is 0 Å². The summed E-state index contributed by atoms with van der Waals surface area (Å²) < 4.78 is 10.1. The molecule has 0 aliphatic carbocycles. The Morgan fingerprint density at radius 1 is 1.03 bits per heavy atom. The van der Waals surface area contributed by atoms with Gasteiger partial charge < -0.3 is 14.4 Å². The zero-order chi connectivity index (χ0) is 24.2. The van der Waals surface area contributed by atoms with E-state index in [2.05, 4.69) is 77.8 Å². The second-order valence-electron chi connectivity index (χ2n) is 9.33. The summed E-state index contributed by atoms with van der Waals surface area (Å²) in [6, 6.07) is 18.7. The first-order valence-electron chi connectivity index (χ1n) is 12.0. The second kappa shape index (κ2) is 10.5. The van der Waals surface area contributed by atoms with Gasteiger partial charge in [0.05, 0.1) is 24.9 Å². The van der Waals surface area contributed by atoms with Crippen LogP contribution in [0.5, 0.6) is 5.75 Å². The Morgan fingerprint density at radius 3 is 2.47 bits per heavy atom. The Hall–Kier alpha value is -3.09. The van der Waals surface area contributed by atoms with Gasteiger partial charge in [0.15, 0.2) is 0 Å². The maximum atomic E-state index is 10.8. The van der Waals surface area contributed by atoms with Crippen LogP contribution in [-0.2, 0) is 19.6 Å². The fourth-order valence-electron chi connectivity index (χ4n) is 4.69. The van der Waals surface area contributed by atoms with Gasteiger partial charge in [0.2, 0.25) is 0 Å². The number of aryl methyl sites for hydroxylation is 3. The van der Waals surface area contributed by atoms with Crippen LogP contribution >= 0.6 is 0 Å². The molecule has 2 aromatic heterocycles. The van der Waals surface area contributed by atoms with Gasteiger partial charge in [-0.3, -0.25) is 9.58 Å². The van der Waals surface area contributed by atoms with Gasteiger partial charge in [0.1, 0.15) is 12.4 Å². The Morgan fingerprint density at radius 2 is 1.76 bits per heavy atom. The predicted octanol–water partition coefficient (Wildman–Crippen LogP) is 4.64. The van der Waals surface area contributed by atoms with Gasteiger partial charge in [-0.1, -0.05) is 30.3 Å². The molecule has 1 atom stereocenters. The highest BCUT2D eigenvalue weighted by Crippen LogP contribution is 2.25. The van der Waals surface area contributed by atoms with E-state index >= 15 is 0 Å². The number of nitrogens with zero attached hydrogens (tertiary/aromatic N) is 4. The van der Waals surface area contributed by atoms with E-state index in [1.54, 1.807) is 0 Å². The lowest BCUT2D eigenvalue weighted by Crippen LogP contribution is -2.32. The summed E-state index contributed by atoms with van der Waals surface area (Å²) in [6.07, 6.45) is -0.448. The van der Waals surface area contributed by atoms with Crippen molar-refractivity contribution in [3.8, 4) is 5.75 Å². The molecule has 2 heterocycles. The molecule has 1 N–H and O–H groups in total. The van der Waals surface area contributed by atoms with Gasteiger partial charge >= 0.3 is 0 Å². The molecule has 6 nitrogen and oxygen atoms in total. The molecule has 0 amide bonds. The number of benzene rings is 2. The monoisotopic (exact) mass is 460 g/mol. The van der Waals surface area contributed by atoms with E-state index in [1.165, 1.54) is 27.7 Å². The van der Waals surface area contributed by atoms with Crippen molar-refractivity contribution in [2.24, 2.45) is 0 Å². The van der Waals surface area contributed by atoms with E-state index in [4.69, 9.17) is 4.74 Å². The highest BCUT2D eigenvalue weighted by molar-refractivity contribution is 5.85.